The number of hydrogen-bond acceptors (Lipinski definition) is 3. The molecule has 0 saturated carbocycles. The summed E-state index contributed by atoms with van der Waals surface area (Å²) in [5, 5.41) is 10.3. The third-order valence-corrected chi connectivity index (χ3v) is 4.91. The summed E-state index contributed by atoms with van der Waals surface area (Å²) >= 11 is 0. The van der Waals surface area contributed by atoms with Crippen LogP contribution in [-0.4, -0.2) is 27.3 Å². The summed E-state index contributed by atoms with van der Waals surface area (Å²) in [6, 6.07) is 2.17. The van der Waals surface area contributed by atoms with Crippen molar-refractivity contribution in [3.05, 3.63) is 83.0 Å². The van der Waals surface area contributed by atoms with Gasteiger partial charge in [-0.1, -0.05) is 37.8 Å². The van der Waals surface area contributed by atoms with Crippen molar-refractivity contribution in [2.45, 2.75) is 27.2 Å². The number of ether oxygens (including phenoxy) is 1. The molecule has 0 spiro atoms. The molecule has 0 saturated heterocycles. The first-order valence-electron chi connectivity index (χ1n) is 10.1. The van der Waals surface area contributed by atoms with Gasteiger partial charge in [0, 0.05) is 39.7 Å². The maximum Gasteiger partial charge on any atom is 0.137 e. The molecule has 3 rings (SSSR count). The van der Waals surface area contributed by atoms with Gasteiger partial charge in [-0.2, -0.15) is 5.10 Å². The molecule has 5 heteroatoms. The van der Waals surface area contributed by atoms with E-state index in [-0.39, 0.29) is 0 Å². The van der Waals surface area contributed by atoms with Gasteiger partial charge in [-0.25, -0.2) is 4.98 Å². The Morgan fingerprint density at radius 1 is 1.27 bits per heavy atom. The average Bonchev–Trinajstić information content (AvgIpc) is 3.39. The summed E-state index contributed by atoms with van der Waals surface area (Å²) in [6.45, 7) is 9.94. The lowest BCUT2D eigenvalue weighted by molar-refractivity contribution is 0.310. The van der Waals surface area contributed by atoms with Crippen LogP contribution in [0.1, 0.15) is 38.3 Å². The maximum absolute atomic E-state index is 5.58. The molecule has 0 radical (unpaired) electrons. The Labute approximate surface area is 176 Å². The van der Waals surface area contributed by atoms with Crippen molar-refractivity contribution < 1.29 is 4.74 Å². The van der Waals surface area contributed by atoms with Crippen LogP contribution in [0.25, 0.3) is 34.3 Å². The molecule has 154 valence electrons. The Kier molecular flexibility index (Phi) is 6.86. The van der Waals surface area contributed by atoms with Gasteiger partial charge < -0.3 is 9.72 Å². The number of allylic oxidation sites excluding steroid dienone is 6. The Hall–Kier alpha value is -3.60. The van der Waals surface area contributed by atoms with Crippen LogP contribution >= 0.6 is 0 Å². The average molecular weight is 401 g/mol. The van der Waals surface area contributed by atoms with Crippen molar-refractivity contribution in [3.8, 4) is 0 Å². The number of hydrogen-bond donors (Lipinski definition) is 2. The van der Waals surface area contributed by atoms with Gasteiger partial charge in [-0.05, 0) is 44.1 Å². The summed E-state index contributed by atoms with van der Waals surface area (Å²) in [6.07, 6.45) is 18.7. The molecule has 0 aliphatic heterocycles. The number of methoxy groups -OCH3 is 1. The van der Waals surface area contributed by atoms with E-state index in [1.165, 1.54) is 0 Å². The number of nitrogens with zero attached hydrogens (tertiary/aromatic N) is 2. The summed E-state index contributed by atoms with van der Waals surface area (Å²) in [5.41, 5.74) is 4.97. The fraction of sp³-hybridized carbons (Fsp3) is 0.200. The summed E-state index contributed by atoms with van der Waals surface area (Å²) in [5.74, 6) is 0.790. The van der Waals surface area contributed by atoms with E-state index in [0.717, 1.165) is 56.1 Å². The van der Waals surface area contributed by atoms with Crippen molar-refractivity contribution in [3.63, 3.8) is 0 Å². The highest BCUT2D eigenvalue weighted by Crippen LogP contribution is 2.31. The molecule has 0 amide bonds. The largest absolute Gasteiger partial charge is 0.496 e. The minimum atomic E-state index is 0.790. The van der Waals surface area contributed by atoms with E-state index in [0.29, 0.717) is 0 Å². The molecule has 3 aromatic rings. The fourth-order valence-corrected chi connectivity index (χ4v) is 3.49. The van der Waals surface area contributed by atoms with Gasteiger partial charge in [-0.3, -0.25) is 5.10 Å². The first-order chi connectivity index (χ1) is 14.7. The van der Waals surface area contributed by atoms with Gasteiger partial charge in [0.15, 0.2) is 0 Å². The third kappa shape index (κ3) is 4.20. The fourth-order valence-electron chi connectivity index (χ4n) is 3.49. The normalized spacial score (nSPS) is 14.6. The predicted molar refractivity (Wildman–Crippen MR) is 126 cm³/mol. The van der Waals surface area contributed by atoms with Gasteiger partial charge >= 0.3 is 0 Å². The van der Waals surface area contributed by atoms with Crippen molar-refractivity contribution >= 4 is 34.3 Å². The number of pyridine rings is 1. The molecule has 2 N–H and O–H groups in total. The number of nitrogens with one attached hydrogen (secondary N) is 2. The van der Waals surface area contributed by atoms with Gasteiger partial charge in [0.05, 0.1) is 18.7 Å². The van der Waals surface area contributed by atoms with E-state index in [1.54, 1.807) is 13.2 Å². The SMILES string of the molecule is C=C/C=C(\C(=C/C)OC)c1c[nH]c2ncc(C(/C=c3/cn[nH]/c3=C\C)=C/CC)cc12. The van der Waals surface area contributed by atoms with E-state index in [2.05, 4.69) is 51.9 Å². The number of H-pyrrole nitrogens is 2. The summed E-state index contributed by atoms with van der Waals surface area (Å²) in [7, 11) is 1.68. The molecule has 3 aromatic heterocycles. The molecule has 0 bridgehead atoms. The third-order valence-electron chi connectivity index (χ3n) is 4.91. The molecular weight excluding hydrogens is 372 g/mol. The topological polar surface area (TPSA) is 66.6 Å². The molecule has 0 aliphatic rings. The highest BCUT2D eigenvalue weighted by atomic mass is 16.5. The van der Waals surface area contributed by atoms with Crippen LogP contribution in [0, 0.1) is 0 Å². The zero-order valence-electron chi connectivity index (χ0n) is 18.0. The van der Waals surface area contributed by atoms with Crippen molar-refractivity contribution in [1.82, 2.24) is 20.2 Å². The summed E-state index contributed by atoms with van der Waals surface area (Å²) < 4.78 is 5.58. The van der Waals surface area contributed by atoms with Gasteiger partial charge in [-0.15, -0.1) is 0 Å². The first kappa shape index (κ1) is 21.1. The van der Waals surface area contributed by atoms with Crippen LogP contribution < -0.4 is 10.6 Å². The molecule has 5 nitrogen and oxygen atoms in total. The number of rotatable bonds is 7. The van der Waals surface area contributed by atoms with Crippen molar-refractivity contribution in [2.75, 3.05) is 7.11 Å². The second-order valence-electron chi connectivity index (χ2n) is 6.74. The Balaban J connectivity index is 2.20. The van der Waals surface area contributed by atoms with Crippen LogP contribution in [0.3, 0.4) is 0 Å². The standard InChI is InChI=1S/C25H28N4O/c1-6-10-17(12-19-15-28-29-23(19)8-3)18-13-21-22(16-27-25(21)26-14-18)20(11-7-2)24(9-4)30-5/h7-16,29H,2,6H2,1,3-5H3,(H,26,27)/b17-10+,19-12-,20-11-,23-8-,24-9+. The Bertz CT molecular complexity index is 1250. The molecule has 0 unspecified atom stereocenters. The predicted octanol–water partition coefficient (Wildman–Crippen LogP) is 4.48. The van der Waals surface area contributed by atoms with Gasteiger partial charge in [0.2, 0.25) is 0 Å². The molecule has 0 aromatic carbocycles. The quantitative estimate of drug-likeness (QED) is 0.454. The molecule has 0 atom stereocenters. The molecule has 3 heterocycles. The lowest BCUT2D eigenvalue weighted by Crippen LogP contribution is -2.21. The highest BCUT2D eigenvalue weighted by Gasteiger charge is 2.14. The molecular formula is C25H28N4O. The summed E-state index contributed by atoms with van der Waals surface area (Å²) in [4.78, 5) is 7.94. The maximum atomic E-state index is 5.58. The highest BCUT2D eigenvalue weighted by molar-refractivity contribution is 5.98. The van der Waals surface area contributed by atoms with Crippen molar-refractivity contribution in [2.24, 2.45) is 0 Å². The van der Waals surface area contributed by atoms with Gasteiger partial charge in [0.1, 0.15) is 11.4 Å². The van der Waals surface area contributed by atoms with E-state index in [1.807, 2.05) is 50.7 Å². The minimum absolute atomic E-state index is 0.790. The van der Waals surface area contributed by atoms with E-state index < -0.39 is 0 Å². The molecule has 0 aliphatic carbocycles. The molecule has 30 heavy (non-hydrogen) atoms. The lowest BCUT2D eigenvalue weighted by atomic mass is 9.99. The number of aromatic nitrogens is 4. The first-order valence-corrected chi connectivity index (χ1v) is 10.1. The van der Waals surface area contributed by atoms with E-state index in [9.17, 15) is 0 Å². The zero-order valence-corrected chi connectivity index (χ0v) is 18.0. The van der Waals surface area contributed by atoms with Crippen LogP contribution in [0.15, 0.2) is 61.3 Å². The van der Waals surface area contributed by atoms with E-state index >= 15 is 0 Å². The molecule has 0 fully saturated rings. The lowest BCUT2D eigenvalue weighted by Gasteiger charge is -2.10. The van der Waals surface area contributed by atoms with Crippen LogP contribution in [0.4, 0.5) is 0 Å². The number of aromatic amines is 2. The smallest absolute Gasteiger partial charge is 0.137 e. The monoisotopic (exact) mass is 400 g/mol. The van der Waals surface area contributed by atoms with Crippen LogP contribution in [-0.2, 0) is 4.74 Å². The Morgan fingerprint density at radius 3 is 2.77 bits per heavy atom. The van der Waals surface area contributed by atoms with Crippen molar-refractivity contribution in [1.29, 1.82) is 0 Å². The van der Waals surface area contributed by atoms with Crippen LogP contribution in [0.2, 0.25) is 0 Å². The van der Waals surface area contributed by atoms with Crippen LogP contribution in [0.5, 0.6) is 0 Å². The zero-order chi connectivity index (χ0) is 21.5. The minimum Gasteiger partial charge on any atom is -0.496 e. The Morgan fingerprint density at radius 2 is 2.10 bits per heavy atom. The van der Waals surface area contributed by atoms with Gasteiger partial charge in [0.25, 0.3) is 0 Å². The number of fused-ring (bicyclic) bond motifs is 1. The second-order valence-corrected chi connectivity index (χ2v) is 6.74. The second kappa shape index (κ2) is 9.74. The van der Waals surface area contributed by atoms with E-state index in [4.69, 9.17) is 4.74 Å².